The van der Waals surface area contributed by atoms with Crippen LogP contribution in [0.2, 0.25) is 0 Å². The van der Waals surface area contributed by atoms with Crippen LogP contribution in [0.25, 0.3) is 0 Å². The molecule has 0 atom stereocenters. The normalized spacial score (nSPS) is 6.64. The van der Waals surface area contributed by atoms with E-state index in [4.69, 9.17) is 5.11 Å². The molecule has 0 saturated heterocycles. The standard InChI is InChI=1S/C7H5FO2.Cu.3H2O/c8-6-3-1-5(2-4-6)7(9)10;;;;/h1-4H,(H,9,10);;3*1H2. The second-order valence-electron chi connectivity index (χ2n) is 1.81. The third kappa shape index (κ3) is 6.53. The molecule has 0 aliphatic rings. The van der Waals surface area contributed by atoms with Gasteiger partial charge in [-0.05, 0) is 24.3 Å². The summed E-state index contributed by atoms with van der Waals surface area (Å²) < 4.78 is 12.2. The first-order valence-electron chi connectivity index (χ1n) is 2.69. The Kier molecular flexibility index (Phi) is 16.7. The van der Waals surface area contributed by atoms with E-state index in [-0.39, 0.29) is 39.1 Å². The Labute approximate surface area is 90.0 Å². The number of aromatic carboxylic acids is 1. The van der Waals surface area contributed by atoms with Crippen molar-refractivity contribution in [3.63, 3.8) is 0 Å². The first-order valence-corrected chi connectivity index (χ1v) is 2.69. The van der Waals surface area contributed by atoms with Crippen molar-refractivity contribution in [2.45, 2.75) is 0 Å². The molecule has 7 N–H and O–H groups in total. The van der Waals surface area contributed by atoms with Crippen LogP contribution in [0, 0.1) is 5.82 Å². The van der Waals surface area contributed by atoms with E-state index in [1.165, 1.54) is 12.1 Å². The van der Waals surface area contributed by atoms with Gasteiger partial charge in [-0.15, -0.1) is 0 Å². The Morgan fingerprint density at radius 2 is 1.43 bits per heavy atom. The summed E-state index contributed by atoms with van der Waals surface area (Å²) in [4.78, 5) is 10.2. The molecule has 1 aromatic rings. The first-order chi connectivity index (χ1) is 4.70. The fourth-order valence-corrected chi connectivity index (χ4v) is 0.592. The van der Waals surface area contributed by atoms with Crippen molar-refractivity contribution in [2.24, 2.45) is 0 Å². The predicted molar refractivity (Wildman–Crippen MR) is 44.2 cm³/mol. The van der Waals surface area contributed by atoms with Crippen LogP contribution in [0.1, 0.15) is 10.4 Å². The number of carboxylic acids is 1. The van der Waals surface area contributed by atoms with E-state index in [9.17, 15) is 9.18 Å². The maximum atomic E-state index is 12.2. The molecule has 0 spiro atoms. The first kappa shape index (κ1) is 23.1. The van der Waals surface area contributed by atoms with Crippen molar-refractivity contribution in [3.8, 4) is 0 Å². The molecule has 0 aliphatic heterocycles. The zero-order chi connectivity index (χ0) is 7.56. The number of hydrogen-bond donors (Lipinski definition) is 1. The average molecular weight is 258 g/mol. The van der Waals surface area contributed by atoms with Gasteiger partial charge in [0.2, 0.25) is 0 Å². The SMILES string of the molecule is O.O.O.O=C(O)c1ccc(F)cc1.[Cu]. The van der Waals surface area contributed by atoms with Gasteiger partial charge < -0.3 is 21.5 Å². The number of rotatable bonds is 1. The van der Waals surface area contributed by atoms with Gasteiger partial charge in [-0.3, -0.25) is 0 Å². The maximum absolute atomic E-state index is 12.2. The molecule has 0 unspecified atom stereocenters. The van der Waals surface area contributed by atoms with E-state index in [2.05, 4.69) is 0 Å². The zero-order valence-electron chi connectivity index (χ0n) is 6.84. The van der Waals surface area contributed by atoms with Crippen molar-refractivity contribution in [2.75, 3.05) is 0 Å². The smallest absolute Gasteiger partial charge is 0.335 e. The van der Waals surface area contributed by atoms with Gasteiger partial charge in [0.25, 0.3) is 0 Å². The van der Waals surface area contributed by atoms with E-state index in [1.54, 1.807) is 0 Å². The summed E-state index contributed by atoms with van der Waals surface area (Å²) in [5.41, 5.74) is 0.0985. The minimum atomic E-state index is -1.04. The summed E-state index contributed by atoms with van der Waals surface area (Å²) in [6.45, 7) is 0. The predicted octanol–water partition coefficient (Wildman–Crippen LogP) is -0.953. The molecule has 5 nitrogen and oxygen atoms in total. The largest absolute Gasteiger partial charge is 0.478 e. The third-order valence-electron chi connectivity index (χ3n) is 1.09. The van der Waals surface area contributed by atoms with E-state index in [0.29, 0.717) is 0 Å². The minimum Gasteiger partial charge on any atom is -0.478 e. The van der Waals surface area contributed by atoms with Gasteiger partial charge in [-0.25, -0.2) is 9.18 Å². The topological polar surface area (TPSA) is 132 Å². The Bertz CT molecular complexity index is 251. The zero-order valence-corrected chi connectivity index (χ0v) is 7.79. The summed E-state index contributed by atoms with van der Waals surface area (Å²) in [6.07, 6.45) is 0. The molecule has 0 heterocycles. The van der Waals surface area contributed by atoms with Crippen LogP contribution in [-0.4, -0.2) is 27.5 Å². The van der Waals surface area contributed by atoms with Gasteiger partial charge in [0.1, 0.15) is 5.82 Å². The number of carbonyl (C=O) groups is 1. The summed E-state index contributed by atoms with van der Waals surface area (Å²) in [6, 6.07) is 4.67. The Balaban J connectivity index is -0.000000125. The van der Waals surface area contributed by atoms with Crippen molar-refractivity contribution < 1.29 is 47.8 Å². The molecular weight excluding hydrogens is 247 g/mol. The second-order valence-corrected chi connectivity index (χ2v) is 1.81. The Hall–Kier alpha value is -0.981. The van der Waals surface area contributed by atoms with Crippen LogP contribution in [-0.2, 0) is 17.1 Å². The molecule has 0 saturated carbocycles. The number of hydrogen-bond acceptors (Lipinski definition) is 1. The van der Waals surface area contributed by atoms with Crippen molar-refractivity contribution in [1.29, 1.82) is 0 Å². The average Bonchev–Trinajstić information content (AvgIpc) is 1.88. The van der Waals surface area contributed by atoms with Crippen LogP contribution in [0.5, 0.6) is 0 Å². The van der Waals surface area contributed by atoms with Crippen LogP contribution in [0.4, 0.5) is 4.39 Å². The number of carboxylic acid groups (broad SMARTS) is 1. The number of halogens is 1. The summed E-state index contributed by atoms with van der Waals surface area (Å²) in [5.74, 6) is -1.47. The summed E-state index contributed by atoms with van der Waals surface area (Å²) in [5, 5.41) is 8.35. The van der Waals surface area contributed by atoms with Gasteiger partial charge in [0, 0.05) is 17.1 Å². The molecule has 0 fully saturated rings. The van der Waals surface area contributed by atoms with Crippen molar-refractivity contribution in [3.05, 3.63) is 35.6 Å². The molecule has 0 aliphatic carbocycles. The fourth-order valence-electron chi connectivity index (χ4n) is 0.592. The molecular formula is C7H11CuFO5. The van der Waals surface area contributed by atoms with Gasteiger partial charge >= 0.3 is 5.97 Å². The molecule has 0 amide bonds. The Morgan fingerprint density at radius 1 is 1.07 bits per heavy atom. The molecule has 7 heteroatoms. The van der Waals surface area contributed by atoms with Crippen LogP contribution in [0.3, 0.4) is 0 Å². The molecule has 1 rings (SSSR count). The van der Waals surface area contributed by atoms with E-state index < -0.39 is 11.8 Å². The van der Waals surface area contributed by atoms with Gasteiger partial charge in [0.05, 0.1) is 5.56 Å². The molecule has 0 bridgehead atoms. The fraction of sp³-hybridized carbons (Fsp3) is 0. The third-order valence-corrected chi connectivity index (χ3v) is 1.09. The van der Waals surface area contributed by atoms with Crippen LogP contribution >= 0.6 is 0 Å². The molecule has 0 aromatic heterocycles. The second kappa shape index (κ2) is 10.1. The molecule has 14 heavy (non-hydrogen) atoms. The van der Waals surface area contributed by atoms with Crippen LogP contribution in [0.15, 0.2) is 24.3 Å². The van der Waals surface area contributed by atoms with Crippen LogP contribution < -0.4 is 0 Å². The van der Waals surface area contributed by atoms with E-state index in [0.717, 1.165) is 12.1 Å². The van der Waals surface area contributed by atoms with E-state index >= 15 is 0 Å². The Morgan fingerprint density at radius 3 is 1.71 bits per heavy atom. The van der Waals surface area contributed by atoms with Gasteiger partial charge in [-0.1, -0.05) is 0 Å². The molecule has 1 aromatic carbocycles. The van der Waals surface area contributed by atoms with Crippen molar-refractivity contribution >= 4 is 5.97 Å². The molecule has 87 valence electrons. The maximum Gasteiger partial charge on any atom is 0.335 e. The van der Waals surface area contributed by atoms with E-state index in [1.807, 2.05) is 0 Å². The number of benzene rings is 1. The molecule has 1 radical (unpaired) electrons. The quantitative estimate of drug-likeness (QED) is 0.650. The monoisotopic (exact) mass is 257 g/mol. The van der Waals surface area contributed by atoms with Gasteiger partial charge in [0.15, 0.2) is 0 Å². The summed E-state index contributed by atoms with van der Waals surface area (Å²) >= 11 is 0. The van der Waals surface area contributed by atoms with Gasteiger partial charge in [-0.2, -0.15) is 0 Å². The minimum absolute atomic E-state index is 0. The van der Waals surface area contributed by atoms with Crippen molar-refractivity contribution in [1.82, 2.24) is 0 Å². The summed E-state index contributed by atoms with van der Waals surface area (Å²) in [7, 11) is 0.